The van der Waals surface area contributed by atoms with Crippen molar-refractivity contribution in [3.63, 3.8) is 0 Å². The Labute approximate surface area is 116 Å². The topological polar surface area (TPSA) is 79.3 Å². The number of anilines is 1. The number of carbonyl (C=O) groups is 2. The van der Waals surface area contributed by atoms with E-state index >= 15 is 0 Å². The maximum atomic E-state index is 12.1. The van der Waals surface area contributed by atoms with Crippen LogP contribution in [0.4, 0.5) is 5.82 Å². The molecule has 20 heavy (non-hydrogen) atoms. The summed E-state index contributed by atoms with van der Waals surface area (Å²) in [6.45, 7) is 3.82. The number of pyridine rings is 1. The number of nitrogens with one attached hydrogen (secondary N) is 1. The Morgan fingerprint density at radius 2 is 1.90 bits per heavy atom. The number of carboxylic acid groups (broad SMARTS) is 1. The first-order chi connectivity index (χ1) is 9.47. The van der Waals surface area contributed by atoms with Gasteiger partial charge >= 0.3 is 5.97 Å². The Kier molecular flexibility index (Phi) is 3.79. The Balaban J connectivity index is 2.17. The minimum atomic E-state index is -1.05. The Morgan fingerprint density at radius 1 is 1.15 bits per heavy atom. The summed E-state index contributed by atoms with van der Waals surface area (Å²) in [5.74, 6) is -0.997. The average Bonchev–Trinajstić information content (AvgIpc) is 2.39. The van der Waals surface area contributed by atoms with Crippen molar-refractivity contribution in [1.82, 2.24) is 4.98 Å². The van der Waals surface area contributed by atoms with Crippen LogP contribution in [0.1, 0.15) is 31.8 Å². The molecule has 0 saturated carbocycles. The molecule has 0 fully saturated rings. The van der Waals surface area contributed by atoms with E-state index in [0.29, 0.717) is 11.4 Å². The first-order valence-corrected chi connectivity index (χ1v) is 6.05. The van der Waals surface area contributed by atoms with Gasteiger partial charge in [-0.3, -0.25) is 4.79 Å². The predicted octanol–water partition coefficient (Wildman–Crippen LogP) is 2.65. The molecule has 1 aromatic carbocycles. The van der Waals surface area contributed by atoms with Gasteiger partial charge in [0, 0.05) is 11.8 Å². The van der Waals surface area contributed by atoms with Crippen molar-refractivity contribution in [2.24, 2.45) is 0 Å². The molecule has 0 unspecified atom stereocenters. The van der Waals surface area contributed by atoms with Crippen LogP contribution >= 0.6 is 0 Å². The summed E-state index contributed by atoms with van der Waals surface area (Å²) in [7, 11) is 0. The maximum Gasteiger partial charge on any atom is 0.337 e. The molecule has 0 aliphatic heterocycles. The molecule has 5 nitrogen and oxygen atoms in total. The normalized spacial score (nSPS) is 10.1. The van der Waals surface area contributed by atoms with Gasteiger partial charge in [0.1, 0.15) is 5.82 Å². The number of benzene rings is 1. The second-order valence-electron chi connectivity index (χ2n) is 4.51. The molecule has 1 heterocycles. The fraction of sp³-hybridized carbons (Fsp3) is 0.133. The van der Waals surface area contributed by atoms with Crippen LogP contribution in [0.3, 0.4) is 0 Å². The number of aromatic carboxylic acids is 1. The second-order valence-corrected chi connectivity index (χ2v) is 4.51. The highest BCUT2D eigenvalue weighted by Crippen LogP contribution is 2.13. The van der Waals surface area contributed by atoms with Crippen molar-refractivity contribution < 1.29 is 14.7 Å². The lowest BCUT2D eigenvalue weighted by atomic mass is 10.1. The molecule has 0 aliphatic rings. The first-order valence-electron chi connectivity index (χ1n) is 6.05. The maximum absolute atomic E-state index is 12.1. The monoisotopic (exact) mass is 270 g/mol. The predicted molar refractivity (Wildman–Crippen MR) is 75.1 cm³/mol. The molecule has 0 spiro atoms. The number of rotatable bonds is 3. The van der Waals surface area contributed by atoms with Gasteiger partial charge in [-0.25, -0.2) is 9.78 Å². The van der Waals surface area contributed by atoms with Crippen molar-refractivity contribution in [3.05, 3.63) is 58.8 Å². The summed E-state index contributed by atoms with van der Waals surface area (Å²) < 4.78 is 0. The van der Waals surface area contributed by atoms with E-state index in [1.165, 1.54) is 18.3 Å². The zero-order valence-electron chi connectivity index (χ0n) is 11.2. The third-order valence-corrected chi connectivity index (χ3v) is 2.88. The minimum Gasteiger partial charge on any atom is -0.478 e. The number of aryl methyl sites for hydroxylation is 2. The van der Waals surface area contributed by atoms with E-state index in [4.69, 9.17) is 5.11 Å². The van der Waals surface area contributed by atoms with Crippen LogP contribution in [0.2, 0.25) is 0 Å². The van der Waals surface area contributed by atoms with Crippen LogP contribution in [0.25, 0.3) is 0 Å². The zero-order chi connectivity index (χ0) is 14.7. The lowest BCUT2D eigenvalue weighted by molar-refractivity contribution is 0.0696. The summed E-state index contributed by atoms with van der Waals surface area (Å²) in [5, 5.41) is 11.4. The molecule has 5 heteroatoms. The molecule has 0 atom stereocenters. The number of nitrogens with zero attached hydrogens (tertiary/aromatic N) is 1. The first kappa shape index (κ1) is 13.7. The molecular formula is C15H14N2O3. The lowest BCUT2D eigenvalue weighted by Gasteiger charge is -2.08. The fourth-order valence-corrected chi connectivity index (χ4v) is 1.85. The molecule has 102 valence electrons. The van der Waals surface area contributed by atoms with E-state index in [9.17, 15) is 9.59 Å². The van der Waals surface area contributed by atoms with Crippen LogP contribution in [0, 0.1) is 13.8 Å². The summed E-state index contributed by atoms with van der Waals surface area (Å²) >= 11 is 0. The van der Waals surface area contributed by atoms with E-state index in [2.05, 4.69) is 10.3 Å². The van der Waals surface area contributed by atoms with Gasteiger partial charge in [-0.1, -0.05) is 17.7 Å². The zero-order valence-corrected chi connectivity index (χ0v) is 11.2. The van der Waals surface area contributed by atoms with E-state index in [0.717, 1.165) is 11.1 Å². The molecule has 0 saturated heterocycles. The molecule has 0 aliphatic carbocycles. The van der Waals surface area contributed by atoms with Gasteiger partial charge in [-0.15, -0.1) is 0 Å². The largest absolute Gasteiger partial charge is 0.478 e. The van der Waals surface area contributed by atoms with Gasteiger partial charge in [-0.05, 0) is 37.6 Å². The Bertz CT molecular complexity index is 663. The quantitative estimate of drug-likeness (QED) is 0.898. The molecule has 0 radical (unpaired) electrons. The SMILES string of the molecule is Cc1ccc(C(=O)Nc2ccc(C(=O)O)cn2)c(C)c1. The summed E-state index contributed by atoms with van der Waals surface area (Å²) in [5.41, 5.74) is 2.61. The molecule has 1 aromatic heterocycles. The number of carboxylic acids is 1. The van der Waals surface area contributed by atoms with Crippen molar-refractivity contribution in [3.8, 4) is 0 Å². The standard InChI is InChI=1S/C15H14N2O3/c1-9-3-5-12(10(2)7-9)14(18)17-13-6-4-11(8-16-13)15(19)20/h3-8H,1-2H3,(H,19,20)(H,16,17,18). The summed E-state index contributed by atoms with van der Waals surface area (Å²) in [4.78, 5) is 26.7. The number of carbonyl (C=O) groups excluding carboxylic acids is 1. The molecule has 2 rings (SSSR count). The van der Waals surface area contributed by atoms with Crippen molar-refractivity contribution >= 4 is 17.7 Å². The molecule has 2 N–H and O–H groups in total. The fourth-order valence-electron chi connectivity index (χ4n) is 1.85. The van der Waals surface area contributed by atoms with Gasteiger partial charge in [-0.2, -0.15) is 0 Å². The molecular weight excluding hydrogens is 256 g/mol. The van der Waals surface area contributed by atoms with Crippen LogP contribution < -0.4 is 5.32 Å². The van der Waals surface area contributed by atoms with Gasteiger partial charge in [0.15, 0.2) is 0 Å². The third-order valence-electron chi connectivity index (χ3n) is 2.88. The summed E-state index contributed by atoms with van der Waals surface area (Å²) in [6, 6.07) is 8.40. The third kappa shape index (κ3) is 3.00. The van der Waals surface area contributed by atoms with Gasteiger partial charge in [0.2, 0.25) is 0 Å². The van der Waals surface area contributed by atoms with E-state index in [1.807, 2.05) is 26.0 Å². The summed E-state index contributed by atoms with van der Waals surface area (Å²) in [6.07, 6.45) is 1.21. The smallest absolute Gasteiger partial charge is 0.337 e. The number of hydrogen-bond donors (Lipinski definition) is 2. The Hall–Kier alpha value is -2.69. The molecule has 1 amide bonds. The highest BCUT2D eigenvalue weighted by Gasteiger charge is 2.10. The van der Waals surface area contributed by atoms with E-state index in [-0.39, 0.29) is 11.5 Å². The van der Waals surface area contributed by atoms with Crippen LogP contribution in [0.5, 0.6) is 0 Å². The number of hydrogen-bond acceptors (Lipinski definition) is 3. The average molecular weight is 270 g/mol. The highest BCUT2D eigenvalue weighted by atomic mass is 16.4. The van der Waals surface area contributed by atoms with Gasteiger partial charge in [0.25, 0.3) is 5.91 Å². The molecule has 0 bridgehead atoms. The second kappa shape index (κ2) is 5.52. The van der Waals surface area contributed by atoms with E-state index in [1.54, 1.807) is 6.07 Å². The Morgan fingerprint density at radius 3 is 2.45 bits per heavy atom. The molecule has 2 aromatic rings. The number of amides is 1. The van der Waals surface area contributed by atoms with Crippen molar-refractivity contribution in [1.29, 1.82) is 0 Å². The van der Waals surface area contributed by atoms with Gasteiger partial charge < -0.3 is 10.4 Å². The van der Waals surface area contributed by atoms with Crippen LogP contribution in [0.15, 0.2) is 36.5 Å². The van der Waals surface area contributed by atoms with Crippen LogP contribution in [-0.2, 0) is 0 Å². The minimum absolute atomic E-state index is 0.0783. The van der Waals surface area contributed by atoms with Crippen molar-refractivity contribution in [2.75, 3.05) is 5.32 Å². The van der Waals surface area contributed by atoms with E-state index < -0.39 is 5.97 Å². The highest BCUT2D eigenvalue weighted by molar-refractivity contribution is 6.04. The van der Waals surface area contributed by atoms with Gasteiger partial charge in [0.05, 0.1) is 5.56 Å². The van der Waals surface area contributed by atoms with Crippen molar-refractivity contribution in [2.45, 2.75) is 13.8 Å². The number of aromatic nitrogens is 1. The van der Waals surface area contributed by atoms with Crippen LogP contribution in [-0.4, -0.2) is 22.0 Å². The lowest BCUT2D eigenvalue weighted by Crippen LogP contribution is -2.14.